The van der Waals surface area contributed by atoms with Crippen LogP contribution in [-0.2, 0) is 4.74 Å². The summed E-state index contributed by atoms with van der Waals surface area (Å²) in [6.07, 6.45) is 2.44. The van der Waals surface area contributed by atoms with Crippen molar-refractivity contribution in [1.29, 1.82) is 0 Å². The second-order valence-corrected chi connectivity index (χ2v) is 5.91. The van der Waals surface area contributed by atoms with Crippen molar-refractivity contribution in [2.45, 2.75) is 32.8 Å². The molecular formula is C18H28N4O2. The van der Waals surface area contributed by atoms with E-state index in [1.165, 1.54) is 0 Å². The van der Waals surface area contributed by atoms with Gasteiger partial charge in [0.1, 0.15) is 0 Å². The summed E-state index contributed by atoms with van der Waals surface area (Å²) < 4.78 is 5.58. The summed E-state index contributed by atoms with van der Waals surface area (Å²) in [4.78, 5) is 16.6. The average Bonchev–Trinajstić information content (AvgIpc) is 3.09. The van der Waals surface area contributed by atoms with Crippen molar-refractivity contribution in [3.05, 3.63) is 35.4 Å². The zero-order chi connectivity index (χ0) is 17.2. The van der Waals surface area contributed by atoms with Gasteiger partial charge in [-0.3, -0.25) is 9.79 Å². The number of aryl methyl sites for hydroxylation is 1. The number of nitrogens with zero attached hydrogens (tertiary/aromatic N) is 1. The molecule has 0 spiro atoms. The molecule has 1 heterocycles. The number of carbonyl (C=O) groups is 1. The molecule has 24 heavy (non-hydrogen) atoms. The third kappa shape index (κ3) is 6.20. The number of aliphatic imine (C=N–C) groups is 1. The third-order valence-corrected chi connectivity index (χ3v) is 3.80. The van der Waals surface area contributed by atoms with Gasteiger partial charge >= 0.3 is 0 Å². The van der Waals surface area contributed by atoms with Crippen molar-refractivity contribution in [3.8, 4) is 0 Å². The predicted octanol–water partition coefficient (Wildman–Crippen LogP) is 1.46. The maximum absolute atomic E-state index is 12.1. The molecule has 1 aliphatic rings. The lowest BCUT2D eigenvalue weighted by atomic mass is 10.1. The van der Waals surface area contributed by atoms with Crippen molar-refractivity contribution >= 4 is 11.9 Å². The lowest BCUT2D eigenvalue weighted by Gasteiger charge is -2.13. The molecule has 3 N–H and O–H groups in total. The fraction of sp³-hybridized carbons (Fsp3) is 0.556. The molecule has 0 radical (unpaired) electrons. The quantitative estimate of drug-likeness (QED) is 0.401. The molecule has 1 aromatic carbocycles. The molecule has 2 rings (SSSR count). The molecule has 1 aliphatic heterocycles. The summed E-state index contributed by atoms with van der Waals surface area (Å²) in [6, 6.07) is 7.58. The minimum Gasteiger partial charge on any atom is -0.376 e. The number of ether oxygens (including phenoxy) is 1. The molecule has 0 aromatic heterocycles. The van der Waals surface area contributed by atoms with Crippen LogP contribution in [0.5, 0.6) is 0 Å². The molecule has 0 bridgehead atoms. The first-order valence-electron chi connectivity index (χ1n) is 8.67. The smallest absolute Gasteiger partial charge is 0.251 e. The maximum Gasteiger partial charge on any atom is 0.251 e. The van der Waals surface area contributed by atoms with Crippen LogP contribution in [0.1, 0.15) is 35.7 Å². The van der Waals surface area contributed by atoms with Gasteiger partial charge in [0.05, 0.1) is 12.6 Å². The Morgan fingerprint density at radius 3 is 2.83 bits per heavy atom. The van der Waals surface area contributed by atoms with Crippen LogP contribution in [0.2, 0.25) is 0 Å². The molecule has 6 heteroatoms. The zero-order valence-electron chi connectivity index (χ0n) is 14.6. The van der Waals surface area contributed by atoms with Gasteiger partial charge in [0.2, 0.25) is 0 Å². The molecule has 1 atom stereocenters. The number of amides is 1. The Balaban J connectivity index is 1.71. The minimum absolute atomic E-state index is 0.0539. The SMILES string of the molecule is CCNC(=NCC1CCCO1)NCCNC(=O)c1cccc(C)c1. The van der Waals surface area contributed by atoms with Crippen molar-refractivity contribution in [2.24, 2.45) is 4.99 Å². The second kappa shape index (κ2) is 9.93. The molecule has 1 amide bonds. The Hall–Kier alpha value is -2.08. The summed E-state index contributed by atoms with van der Waals surface area (Å²) in [7, 11) is 0. The molecule has 1 unspecified atom stereocenters. The van der Waals surface area contributed by atoms with Gasteiger partial charge in [-0.25, -0.2) is 0 Å². The monoisotopic (exact) mass is 332 g/mol. The summed E-state index contributed by atoms with van der Waals surface area (Å²) in [6.45, 7) is 7.48. The van der Waals surface area contributed by atoms with E-state index < -0.39 is 0 Å². The average molecular weight is 332 g/mol. The minimum atomic E-state index is -0.0539. The standard InChI is InChI=1S/C18H28N4O2/c1-3-19-18(22-13-16-8-5-11-24-16)21-10-9-20-17(23)15-7-4-6-14(2)12-15/h4,6-7,12,16H,3,5,8-11,13H2,1-2H3,(H,20,23)(H2,19,21,22). The van der Waals surface area contributed by atoms with E-state index in [2.05, 4.69) is 20.9 Å². The molecule has 132 valence electrons. The molecule has 1 aromatic rings. The first-order valence-corrected chi connectivity index (χ1v) is 8.67. The van der Waals surface area contributed by atoms with E-state index in [-0.39, 0.29) is 12.0 Å². The largest absolute Gasteiger partial charge is 0.376 e. The van der Waals surface area contributed by atoms with Crippen LogP contribution in [0.4, 0.5) is 0 Å². The van der Waals surface area contributed by atoms with Crippen molar-refractivity contribution < 1.29 is 9.53 Å². The van der Waals surface area contributed by atoms with Gasteiger partial charge in [0.25, 0.3) is 5.91 Å². The van der Waals surface area contributed by atoms with Gasteiger partial charge in [0.15, 0.2) is 5.96 Å². The van der Waals surface area contributed by atoms with Crippen LogP contribution in [0, 0.1) is 6.92 Å². The number of hydrogen-bond donors (Lipinski definition) is 3. The Labute approximate surface area is 144 Å². The van der Waals surface area contributed by atoms with E-state index in [0.29, 0.717) is 25.2 Å². The highest BCUT2D eigenvalue weighted by molar-refractivity contribution is 5.94. The van der Waals surface area contributed by atoms with Crippen LogP contribution in [0.25, 0.3) is 0 Å². The Morgan fingerprint density at radius 2 is 2.12 bits per heavy atom. The van der Waals surface area contributed by atoms with Gasteiger partial charge in [-0.2, -0.15) is 0 Å². The molecule has 1 fully saturated rings. The van der Waals surface area contributed by atoms with Crippen LogP contribution < -0.4 is 16.0 Å². The number of nitrogens with one attached hydrogen (secondary N) is 3. The Morgan fingerprint density at radius 1 is 1.29 bits per heavy atom. The number of rotatable bonds is 7. The topological polar surface area (TPSA) is 74.8 Å². The number of carbonyl (C=O) groups excluding carboxylic acids is 1. The first-order chi connectivity index (χ1) is 11.7. The Bertz CT molecular complexity index is 554. The summed E-state index contributed by atoms with van der Waals surface area (Å²) >= 11 is 0. The van der Waals surface area contributed by atoms with E-state index in [9.17, 15) is 4.79 Å². The van der Waals surface area contributed by atoms with Crippen molar-refractivity contribution in [1.82, 2.24) is 16.0 Å². The summed E-state index contributed by atoms with van der Waals surface area (Å²) in [5, 5.41) is 9.35. The molecule has 0 saturated carbocycles. The van der Waals surface area contributed by atoms with E-state index >= 15 is 0 Å². The van der Waals surface area contributed by atoms with Gasteiger partial charge in [-0.15, -0.1) is 0 Å². The highest BCUT2D eigenvalue weighted by Gasteiger charge is 2.14. The molecule has 1 saturated heterocycles. The van der Waals surface area contributed by atoms with Crippen molar-refractivity contribution in [3.63, 3.8) is 0 Å². The predicted molar refractivity (Wildman–Crippen MR) is 96.5 cm³/mol. The highest BCUT2D eigenvalue weighted by Crippen LogP contribution is 2.11. The fourth-order valence-electron chi connectivity index (χ4n) is 2.57. The summed E-state index contributed by atoms with van der Waals surface area (Å²) in [5.74, 6) is 0.708. The fourth-order valence-corrected chi connectivity index (χ4v) is 2.57. The van der Waals surface area contributed by atoms with Crippen molar-refractivity contribution in [2.75, 3.05) is 32.8 Å². The van der Waals surface area contributed by atoms with E-state index in [1.807, 2.05) is 38.1 Å². The van der Waals surface area contributed by atoms with Gasteiger partial charge in [-0.05, 0) is 38.8 Å². The maximum atomic E-state index is 12.1. The number of guanidine groups is 1. The van der Waals surface area contributed by atoms with Crippen LogP contribution in [0.3, 0.4) is 0 Å². The molecular weight excluding hydrogens is 304 g/mol. The molecule has 6 nitrogen and oxygen atoms in total. The van der Waals surface area contributed by atoms with Gasteiger partial charge in [0, 0.05) is 31.8 Å². The van der Waals surface area contributed by atoms with E-state index in [4.69, 9.17) is 4.74 Å². The van der Waals surface area contributed by atoms with Crippen LogP contribution in [0.15, 0.2) is 29.3 Å². The highest BCUT2D eigenvalue weighted by atomic mass is 16.5. The van der Waals surface area contributed by atoms with E-state index in [0.717, 1.165) is 37.5 Å². The van der Waals surface area contributed by atoms with Crippen LogP contribution in [-0.4, -0.2) is 50.8 Å². The third-order valence-electron chi connectivity index (χ3n) is 3.80. The first kappa shape index (κ1) is 18.3. The molecule has 0 aliphatic carbocycles. The number of benzene rings is 1. The van der Waals surface area contributed by atoms with Crippen LogP contribution >= 0.6 is 0 Å². The second-order valence-electron chi connectivity index (χ2n) is 5.91. The Kier molecular flexibility index (Phi) is 7.55. The zero-order valence-corrected chi connectivity index (χ0v) is 14.6. The lowest BCUT2D eigenvalue weighted by Crippen LogP contribution is -2.42. The van der Waals surface area contributed by atoms with Gasteiger partial charge < -0.3 is 20.7 Å². The number of hydrogen-bond acceptors (Lipinski definition) is 3. The normalized spacial score (nSPS) is 17.6. The van der Waals surface area contributed by atoms with E-state index in [1.54, 1.807) is 0 Å². The summed E-state index contributed by atoms with van der Waals surface area (Å²) in [5.41, 5.74) is 1.77. The van der Waals surface area contributed by atoms with Gasteiger partial charge in [-0.1, -0.05) is 17.7 Å². The lowest BCUT2D eigenvalue weighted by molar-refractivity contribution is 0.0954.